The Morgan fingerprint density at radius 3 is 2.65 bits per heavy atom. The third-order valence-corrected chi connectivity index (χ3v) is 6.10. The zero-order valence-electron chi connectivity index (χ0n) is 15.9. The molecule has 0 saturated carbocycles. The van der Waals surface area contributed by atoms with Crippen LogP contribution >= 0.6 is 43.5 Å². The van der Waals surface area contributed by atoms with Gasteiger partial charge in [0.05, 0.1) is 17.0 Å². The van der Waals surface area contributed by atoms with Crippen LogP contribution in [0.3, 0.4) is 0 Å². The number of benzodiazepines with no additional fused rings is 1. The van der Waals surface area contributed by atoms with E-state index in [9.17, 15) is 9.59 Å². The van der Waals surface area contributed by atoms with Crippen molar-refractivity contribution in [2.45, 2.75) is 11.6 Å². The number of nitrogens with one attached hydrogen (secondary N) is 1. The molecule has 0 spiro atoms. The van der Waals surface area contributed by atoms with Gasteiger partial charge in [-0.1, -0.05) is 73.8 Å². The zero-order valence-corrected chi connectivity index (χ0v) is 19.9. The number of amides is 1. The molecule has 1 heterocycles. The highest BCUT2D eigenvalue weighted by molar-refractivity contribution is 9.10. The van der Waals surface area contributed by atoms with Crippen molar-refractivity contribution in [2.75, 3.05) is 5.32 Å². The van der Waals surface area contributed by atoms with Crippen LogP contribution in [0.4, 0.5) is 5.69 Å². The van der Waals surface area contributed by atoms with Gasteiger partial charge in [-0.25, -0.2) is 9.79 Å². The van der Waals surface area contributed by atoms with Gasteiger partial charge in [0.15, 0.2) is 0 Å². The molecule has 1 atom stereocenters. The number of halogens is 3. The molecule has 4 rings (SSSR count). The van der Waals surface area contributed by atoms with Crippen molar-refractivity contribution in [3.8, 4) is 0 Å². The van der Waals surface area contributed by atoms with Crippen molar-refractivity contribution in [1.82, 2.24) is 0 Å². The van der Waals surface area contributed by atoms with Crippen molar-refractivity contribution in [3.63, 3.8) is 0 Å². The predicted molar refractivity (Wildman–Crippen MR) is 128 cm³/mol. The van der Waals surface area contributed by atoms with E-state index in [0.717, 1.165) is 10.0 Å². The molecule has 156 valence electrons. The molecular weight excluding hydrogens is 548 g/mol. The number of ether oxygens (including phenoxy) is 1. The lowest BCUT2D eigenvalue weighted by atomic mass is 10.0. The number of aliphatic imine (C=N–C) groups is 1. The summed E-state index contributed by atoms with van der Waals surface area (Å²) in [4.78, 5) is 30.1. The first kappa shape index (κ1) is 21.7. The number of anilines is 1. The topological polar surface area (TPSA) is 67.8 Å². The Balaban J connectivity index is 1.77. The van der Waals surface area contributed by atoms with Gasteiger partial charge in [-0.3, -0.25) is 4.79 Å². The quantitative estimate of drug-likeness (QED) is 0.315. The van der Waals surface area contributed by atoms with Gasteiger partial charge in [0.25, 0.3) is 12.1 Å². The summed E-state index contributed by atoms with van der Waals surface area (Å²) in [5.74, 6) is -1.19. The molecule has 0 bridgehead atoms. The summed E-state index contributed by atoms with van der Waals surface area (Å²) in [7, 11) is 0. The van der Waals surface area contributed by atoms with Crippen LogP contribution in [-0.4, -0.2) is 23.8 Å². The molecule has 1 N–H and O–H groups in total. The molecule has 8 heteroatoms. The number of carbonyl (C=O) groups is 2. The Morgan fingerprint density at radius 2 is 1.87 bits per heavy atom. The molecule has 1 aliphatic heterocycles. The van der Waals surface area contributed by atoms with E-state index in [4.69, 9.17) is 16.3 Å². The SMILES string of the molecule is O=C(OC1N=C(c2ccccc2Cl)c2cc(Br)ccc2NC1=O)c1cccc(CBr)c1. The van der Waals surface area contributed by atoms with Crippen molar-refractivity contribution in [2.24, 2.45) is 4.99 Å². The molecule has 0 aliphatic carbocycles. The summed E-state index contributed by atoms with van der Waals surface area (Å²) >= 11 is 13.3. The third kappa shape index (κ3) is 4.74. The van der Waals surface area contributed by atoms with E-state index in [2.05, 4.69) is 42.2 Å². The summed E-state index contributed by atoms with van der Waals surface area (Å²) in [5.41, 5.74) is 3.54. The van der Waals surface area contributed by atoms with E-state index in [1.54, 1.807) is 42.5 Å². The Morgan fingerprint density at radius 1 is 1.06 bits per heavy atom. The van der Waals surface area contributed by atoms with Crippen molar-refractivity contribution >= 4 is 66.7 Å². The number of alkyl halides is 1. The lowest BCUT2D eigenvalue weighted by Gasteiger charge is -2.13. The highest BCUT2D eigenvalue weighted by Gasteiger charge is 2.30. The Kier molecular flexibility index (Phi) is 6.55. The Bertz CT molecular complexity index is 1210. The van der Waals surface area contributed by atoms with Gasteiger partial charge in [-0.15, -0.1) is 0 Å². The Labute approximate surface area is 200 Å². The van der Waals surface area contributed by atoms with Crippen LogP contribution in [0.25, 0.3) is 0 Å². The lowest BCUT2D eigenvalue weighted by molar-refractivity contribution is -0.124. The number of fused-ring (bicyclic) bond motifs is 1. The van der Waals surface area contributed by atoms with Crippen LogP contribution in [0.1, 0.15) is 27.0 Å². The fraction of sp³-hybridized carbons (Fsp3) is 0.0870. The van der Waals surface area contributed by atoms with Gasteiger partial charge < -0.3 is 10.1 Å². The first-order valence-electron chi connectivity index (χ1n) is 9.25. The second-order valence-electron chi connectivity index (χ2n) is 6.73. The maximum Gasteiger partial charge on any atom is 0.340 e. The average Bonchev–Trinajstić information content (AvgIpc) is 2.90. The number of nitrogens with zero attached hydrogens (tertiary/aromatic N) is 1. The molecule has 0 saturated heterocycles. The van der Waals surface area contributed by atoms with Crippen LogP contribution in [0.15, 0.2) is 76.2 Å². The molecule has 1 amide bonds. The summed E-state index contributed by atoms with van der Waals surface area (Å²) in [6, 6.07) is 19.6. The fourth-order valence-electron chi connectivity index (χ4n) is 3.16. The van der Waals surface area contributed by atoms with Crippen molar-refractivity contribution < 1.29 is 14.3 Å². The predicted octanol–water partition coefficient (Wildman–Crippen LogP) is 5.97. The average molecular weight is 563 g/mol. The zero-order chi connectivity index (χ0) is 22.0. The summed E-state index contributed by atoms with van der Waals surface area (Å²) in [5, 5.41) is 3.86. The van der Waals surface area contributed by atoms with Crippen LogP contribution in [0.2, 0.25) is 5.02 Å². The van der Waals surface area contributed by atoms with Crippen LogP contribution < -0.4 is 5.32 Å². The number of carbonyl (C=O) groups excluding carboxylic acids is 2. The second-order valence-corrected chi connectivity index (χ2v) is 8.61. The van der Waals surface area contributed by atoms with Gasteiger partial charge in [-0.2, -0.15) is 0 Å². The van der Waals surface area contributed by atoms with E-state index in [1.165, 1.54) is 0 Å². The van der Waals surface area contributed by atoms with Gasteiger partial charge in [0, 0.05) is 26.0 Å². The van der Waals surface area contributed by atoms with Crippen LogP contribution in [0, 0.1) is 0 Å². The number of benzene rings is 3. The second kappa shape index (κ2) is 9.34. The molecule has 3 aromatic rings. The van der Waals surface area contributed by atoms with E-state index in [0.29, 0.717) is 38.4 Å². The summed E-state index contributed by atoms with van der Waals surface area (Å²) in [6.07, 6.45) is -1.38. The summed E-state index contributed by atoms with van der Waals surface area (Å²) in [6.45, 7) is 0. The van der Waals surface area contributed by atoms with Gasteiger partial charge in [-0.05, 0) is 42.0 Å². The van der Waals surface area contributed by atoms with Gasteiger partial charge in [0.1, 0.15) is 0 Å². The van der Waals surface area contributed by atoms with Crippen LogP contribution in [0.5, 0.6) is 0 Å². The van der Waals surface area contributed by atoms with E-state index >= 15 is 0 Å². The number of hydrogen-bond donors (Lipinski definition) is 1. The minimum atomic E-state index is -1.38. The molecule has 0 radical (unpaired) electrons. The number of hydrogen-bond acceptors (Lipinski definition) is 4. The first-order chi connectivity index (χ1) is 15.0. The van der Waals surface area contributed by atoms with Crippen molar-refractivity contribution in [3.05, 3.63) is 98.5 Å². The molecule has 1 unspecified atom stereocenters. The Hall–Kier alpha value is -2.48. The normalized spacial score (nSPS) is 15.4. The van der Waals surface area contributed by atoms with E-state index in [-0.39, 0.29) is 0 Å². The summed E-state index contributed by atoms with van der Waals surface area (Å²) < 4.78 is 6.32. The molecular formula is C23H15Br2ClN2O3. The smallest absolute Gasteiger partial charge is 0.340 e. The molecule has 0 aromatic heterocycles. The monoisotopic (exact) mass is 560 g/mol. The van der Waals surface area contributed by atoms with Gasteiger partial charge in [0.2, 0.25) is 0 Å². The fourth-order valence-corrected chi connectivity index (χ4v) is 4.09. The standard InChI is InChI=1S/C23H15Br2ClN2O3/c24-12-13-4-3-5-14(10-13)23(30)31-22-21(29)27-19-9-8-15(25)11-17(19)20(28-22)16-6-1-2-7-18(16)26/h1-11,22H,12H2,(H,27,29). The maximum absolute atomic E-state index is 12.9. The molecule has 31 heavy (non-hydrogen) atoms. The molecule has 5 nitrogen and oxygen atoms in total. The molecule has 1 aliphatic rings. The number of esters is 1. The van der Waals surface area contributed by atoms with E-state index in [1.807, 2.05) is 24.3 Å². The highest BCUT2D eigenvalue weighted by atomic mass is 79.9. The van der Waals surface area contributed by atoms with Crippen molar-refractivity contribution in [1.29, 1.82) is 0 Å². The number of rotatable bonds is 4. The molecule has 0 fully saturated rings. The maximum atomic E-state index is 12.9. The largest absolute Gasteiger partial charge is 0.426 e. The third-order valence-electron chi connectivity index (χ3n) is 4.63. The molecule has 3 aromatic carbocycles. The van der Waals surface area contributed by atoms with Gasteiger partial charge >= 0.3 is 5.97 Å². The first-order valence-corrected chi connectivity index (χ1v) is 11.5. The van der Waals surface area contributed by atoms with Crippen LogP contribution in [-0.2, 0) is 14.9 Å². The van der Waals surface area contributed by atoms with E-state index < -0.39 is 18.1 Å². The lowest BCUT2D eigenvalue weighted by Crippen LogP contribution is -2.30. The minimum absolute atomic E-state index is 0.337. The highest BCUT2D eigenvalue weighted by Crippen LogP contribution is 2.30. The minimum Gasteiger partial charge on any atom is -0.426 e.